The molecule has 7 heteroatoms. The summed E-state index contributed by atoms with van der Waals surface area (Å²) in [5, 5.41) is 23.8. The quantitative estimate of drug-likeness (QED) is 0.576. The van der Waals surface area contributed by atoms with E-state index in [1.807, 2.05) is 0 Å². The van der Waals surface area contributed by atoms with Crippen molar-refractivity contribution in [1.29, 1.82) is 5.26 Å². The number of rotatable bonds is 2. The molecule has 0 atom stereocenters. The van der Waals surface area contributed by atoms with Gasteiger partial charge in [0.05, 0.1) is 16.6 Å². The SMILES string of the molecule is CNC(=O)Nc1ccc(C#N)cc1[N+](=O)[O-]. The van der Waals surface area contributed by atoms with Gasteiger partial charge < -0.3 is 10.6 Å². The van der Waals surface area contributed by atoms with Gasteiger partial charge >= 0.3 is 6.03 Å². The first-order valence-electron chi connectivity index (χ1n) is 4.25. The minimum absolute atomic E-state index is 0.0448. The van der Waals surface area contributed by atoms with Gasteiger partial charge in [0.2, 0.25) is 0 Å². The van der Waals surface area contributed by atoms with Crippen LogP contribution in [0, 0.1) is 21.4 Å². The molecule has 0 aliphatic carbocycles. The second kappa shape index (κ2) is 4.75. The minimum Gasteiger partial charge on any atom is -0.341 e. The van der Waals surface area contributed by atoms with Crippen LogP contribution in [0.5, 0.6) is 0 Å². The van der Waals surface area contributed by atoms with Gasteiger partial charge in [0.25, 0.3) is 5.69 Å². The number of nitrogens with one attached hydrogen (secondary N) is 2. The summed E-state index contributed by atoms with van der Waals surface area (Å²) in [7, 11) is 1.39. The van der Waals surface area contributed by atoms with E-state index in [2.05, 4.69) is 10.6 Å². The molecule has 1 rings (SSSR count). The number of carbonyl (C=O) groups excluding carboxylic acids is 1. The molecule has 2 N–H and O–H groups in total. The Morgan fingerprint density at radius 1 is 1.56 bits per heavy atom. The fourth-order valence-corrected chi connectivity index (χ4v) is 1.04. The Bertz CT molecular complexity index is 478. The van der Waals surface area contributed by atoms with Gasteiger partial charge in [0, 0.05) is 13.1 Å². The number of hydrogen-bond acceptors (Lipinski definition) is 4. The number of nitro benzene ring substituents is 1. The van der Waals surface area contributed by atoms with Gasteiger partial charge in [-0.25, -0.2) is 4.79 Å². The van der Waals surface area contributed by atoms with Crippen molar-refractivity contribution in [3.63, 3.8) is 0 Å². The summed E-state index contributed by atoms with van der Waals surface area (Å²) in [5.41, 5.74) is -0.111. The van der Waals surface area contributed by atoms with Crippen LogP contribution in [0.15, 0.2) is 18.2 Å². The highest BCUT2D eigenvalue weighted by Crippen LogP contribution is 2.25. The lowest BCUT2D eigenvalue weighted by molar-refractivity contribution is -0.383. The van der Waals surface area contributed by atoms with Crippen molar-refractivity contribution in [2.24, 2.45) is 0 Å². The van der Waals surface area contributed by atoms with Crippen molar-refractivity contribution >= 4 is 17.4 Å². The second-order valence-corrected chi connectivity index (χ2v) is 2.80. The van der Waals surface area contributed by atoms with Crippen LogP contribution in [0.4, 0.5) is 16.2 Å². The molecule has 0 fully saturated rings. The molecule has 1 aromatic rings. The summed E-state index contributed by atoms with van der Waals surface area (Å²) in [6.07, 6.45) is 0. The van der Waals surface area contributed by atoms with E-state index < -0.39 is 11.0 Å². The first-order valence-corrected chi connectivity index (χ1v) is 4.25. The minimum atomic E-state index is -0.661. The van der Waals surface area contributed by atoms with Crippen LogP contribution in [-0.2, 0) is 0 Å². The maximum Gasteiger partial charge on any atom is 0.319 e. The molecule has 0 aliphatic rings. The lowest BCUT2D eigenvalue weighted by Gasteiger charge is -2.04. The third kappa shape index (κ3) is 2.45. The Morgan fingerprint density at radius 3 is 2.75 bits per heavy atom. The van der Waals surface area contributed by atoms with Gasteiger partial charge in [-0.3, -0.25) is 10.1 Å². The monoisotopic (exact) mass is 220 g/mol. The van der Waals surface area contributed by atoms with E-state index in [4.69, 9.17) is 5.26 Å². The summed E-state index contributed by atoms with van der Waals surface area (Å²) in [6.45, 7) is 0. The number of hydrogen-bond donors (Lipinski definition) is 2. The number of nitriles is 1. The molecule has 0 aliphatic heterocycles. The predicted molar refractivity (Wildman–Crippen MR) is 55.9 cm³/mol. The number of benzene rings is 1. The third-order valence-electron chi connectivity index (χ3n) is 1.80. The number of urea groups is 1. The zero-order valence-corrected chi connectivity index (χ0v) is 8.35. The molecule has 7 nitrogen and oxygen atoms in total. The standard InChI is InChI=1S/C9H8N4O3/c1-11-9(14)12-7-3-2-6(5-10)4-8(7)13(15)16/h2-4H,1H3,(H2,11,12,14). The highest BCUT2D eigenvalue weighted by atomic mass is 16.6. The summed E-state index contributed by atoms with van der Waals surface area (Å²) in [4.78, 5) is 21.0. The van der Waals surface area contributed by atoms with E-state index in [0.29, 0.717) is 0 Å². The molecule has 0 unspecified atom stereocenters. The number of carbonyl (C=O) groups is 1. The Balaban J connectivity index is 3.14. The van der Waals surface area contributed by atoms with Gasteiger partial charge in [-0.15, -0.1) is 0 Å². The van der Waals surface area contributed by atoms with Gasteiger partial charge in [0.15, 0.2) is 0 Å². The van der Waals surface area contributed by atoms with Crippen LogP contribution in [0.3, 0.4) is 0 Å². The van der Waals surface area contributed by atoms with Crippen LogP contribution < -0.4 is 10.6 Å². The van der Waals surface area contributed by atoms with E-state index in [-0.39, 0.29) is 16.9 Å². The van der Waals surface area contributed by atoms with Crippen LogP contribution >= 0.6 is 0 Å². The largest absolute Gasteiger partial charge is 0.341 e. The molecule has 16 heavy (non-hydrogen) atoms. The molecule has 0 saturated heterocycles. The zero-order valence-electron chi connectivity index (χ0n) is 8.35. The molecular formula is C9H8N4O3. The number of nitro groups is 1. The number of anilines is 1. The van der Waals surface area contributed by atoms with Crippen molar-refractivity contribution in [2.45, 2.75) is 0 Å². The van der Waals surface area contributed by atoms with E-state index in [9.17, 15) is 14.9 Å². The van der Waals surface area contributed by atoms with Gasteiger partial charge in [-0.05, 0) is 12.1 Å². The lowest BCUT2D eigenvalue weighted by atomic mass is 10.2. The topological polar surface area (TPSA) is 108 Å². The molecule has 0 spiro atoms. The van der Waals surface area contributed by atoms with Crippen LogP contribution in [-0.4, -0.2) is 18.0 Å². The van der Waals surface area contributed by atoms with Crippen molar-refractivity contribution in [1.82, 2.24) is 5.32 Å². The predicted octanol–water partition coefficient (Wildman–Crippen LogP) is 1.22. The Kier molecular flexibility index (Phi) is 3.40. The average molecular weight is 220 g/mol. The highest BCUT2D eigenvalue weighted by molar-refractivity contribution is 5.91. The molecule has 1 aromatic carbocycles. The smallest absolute Gasteiger partial charge is 0.319 e. The molecule has 2 amide bonds. The molecule has 0 saturated carbocycles. The lowest BCUT2D eigenvalue weighted by Crippen LogP contribution is -2.24. The summed E-state index contributed by atoms with van der Waals surface area (Å²) < 4.78 is 0. The first kappa shape index (κ1) is 11.5. The maximum atomic E-state index is 11.0. The Labute approximate surface area is 90.8 Å². The van der Waals surface area contributed by atoms with Gasteiger partial charge in [-0.1, -0.05) is 0 Å². The normalized spacial score (nSPS) is 9.00. The Hall–Kier alpha value is -2.62. The van der Waals surface area contributed by atoms with Crippen molar-refractivity contribution in [3.05, 3.63) is 33.9 Å². The number of nitrogens with zero attached hydrogens (tertiary/aromatic N) is 2. The maximum absolute atomic E-state index is 11.0. The average Bonchev–Trinajstić information content (AvgIpc) is 2.29. The van der Waals surface area contributed by atoms with Crippen molar-refractivity contribution in [3.8, 4) is 6.07 Å². The third-order valence-corrected chi connectivity index (χ3v) is 1.80. The van der Waals surface area contributed by atoms with E-state index >= 15 is 0 Å². The van der Waals surface area contributed by atoms with Crippen LogP contribution in [0.25, 0.3) is 0 Å². The van der Waals surface area contributed by atoms with E-state index in [1.165, 1.54) is 19.2 Å². The van der Waals surface area contributed by atoms with Crippen LogP contribution in [0.1, 0.15) is 5.56 Å². The van der Waals surface area contributed by atoms with E-state index in [0.717, 1.165) is 6.07 Å². The highest BCUT2D eigenvalue weighted by Gasteiger charge is 2.15. The molecular weight excluding hydrogens is 212 g/mol. The fraction of sp³-hybridized carbons (Fsp3) is 0.111. The molecule has 0 radical (unpaired) electrons. The molecule has 82 valence electrons. The first-order chi connectivity index (χ1) is 7.58. The van der Waals surface area contributed by atoms with E-state index in [1.54, 1.807) is 6.07 Å². The molecule has 0 heterocycles. The van der Waals surface area contributed by atoms with Gasteiger partial charge in [0.1, 0.15) is 5.69 Å². The molecule has 0 bridgehead atoms. The van der Waals surface area contributed by atoms with Crippen LogP contribution in [0.2, 0.25) is 0 Å². The Morgan fingerprint density at radius 2 is 2.25 bits per heavy atom. The number of amides is 2. The van der Waals surface area contributed by atoms with Crippen molar-refractivity contribution in [2.75, 3.05) is 12.4 Å². The summed E-state index contributed by atoms with van der Waals surface area (Å²) >= 11 is 0. The van der Waals surface area contributed by atoms with Gasteiger partial charge in [-0.2, -0.15) is 5.26 Å². The second-order valence-electron chi connectivity index (χ2n) is 2.80. The molecule has 0 aromatic heterocycles. The summed E-state index contributed by atoms with van der Waals surface area (Å²) in [6, 6.07) is 5.02. The van der Waals surface area contributed by atoms with Crippen molar-refractivity contribution < 1.29 is 9.72 Å². The fourth-order valence-electron chi connectivity index (χ4n) is 1.04. The zero-order chi connectivity index (χ0) is 12.1. The summed E-state index contributed by atoms with van der Waals surface area (Å²) in [5.74, 6) is 0.